The Balaban J connectivity index is 1.83. The fraction of sp³-hybridized carbons (Fsp3) is 0.562. The van der Waals surface area contributed by atoms with E-state index in [1.54, 1.807) is 25.3 Å². The number of nitrogens with one attached hydrogen (secondary N) is 1. The highest BCUT2D eigenvalue weighted by molar-refractivity contribution is 5.76. The Morgan fingerprint density at radius 3 is 2.80 bits per heavy atom. The Morgan fingerprint density at radius 1 is 1.35 bits per heavy atom. The van der Waals surface area contributed by atoms with Gasteiger partial charge in [-0.2, -0.15) is 0 Å². The average molecular weight is 277 g/mol. The van der Waals surface area contributed by atoms with Gasteiger partial charge in [0.1, 0.15) is 11.5 Å². The number of benzene rings is 1. The normalized spacial score (nSPS) is 15.8. The van der Waals surface area contributed by atoms with E-state index in [9.17, 15) is 9.90 Å². The maximum Gasteiger partial charge on any atom is 0.220 e. The monoisotopic (exact) mass is 277 g/mol. The fourth-order valence-electron chi connectivity index (χ4n) is 2.75. The van der Waals surface area contributed by atoms with Gasteiger partial charge in [0.15, 0.2) is 0 Å². The second-order valence-corrected chi connectivity index (χ2v) is 5.48. The van der Waals surface area contributed by atoms with E-state index >= 15 is 0 Å². The number of carbonyl (C=O) groups is 1. The molecule has 0 radical (unpaired) electrons. The lowest BCUT2D eigenvalue weighted by Crippen LogP contribution is -2.25. The molecule has 1 aliphatic carbocycles. The Labute approximate surface area is 120 Å². The second kappa shape index (κ2) is 7.17. The summed E-state index contributed by atoms with van der Waals surface area (Å²) in [6.07, 6.45) is 6.72. The third kappa shape index (κ3) is 4.15. The molecule has 0 bridgehead atoms. The molecule has 0 heterocycles. The zero-order chi connectivity index (χ0) is 14.4. The van der Waals surface area contributed by atoms with Crippen LogP contribution in [0.15, 0.2) is 18.2 Å². The van der Waals surface area contributed by atoms with Crippen LogP contribution in [0.4, 0.5) is 0 Å². The van der Waals surface area contributed by atoms with Gasteiger partial charge < -0.3 is 15.2 Å². The summed E-state index contributed by atoms with van der Waals surface area (Å²) in [6.45, 7) is 0.342. The van der Waals surface area contributed by atoms with E-state index in [-0.39, 0.29) is 11.7 Å². The van der Waals surface area contributed by atoms with Gasteiger partial charge in [0.05, 0.1) is 7.11 Å². The van der Waals surface area contributed by atoms with Gasteiger partial charge in [-0.05, 0) is 37.0 Å². The van der Waals surface area contributed by atoms with Gasteiger partial charge in [0.2, 0.25) is 5.91 Å². The molecule has 20 heavy (non-hydrogen) atoms. The largest absolute Gasteiger partial charge is 0.508 e. The molecule has 110 valence electrons. The minimum Gasteiger partial charge on any atom is -0.508 e. The molecule has 4 nitrogen and oxygen atoms in total. The number of rotatable bonds is 5. The van der Waals surface area contributed by atoms with Crippen LogP contribution < -0.4 is 10.1 Å². The molecule has 0 aliphatic heterocycles. The fourth-order valence-corrected chi connectivity index (χ4v) is 2.75. The zero-order valence-electron chi connectivity index (χ0n) is 12.0. The Morgan fingerprint density at radius 2 is 2.10 bits per heavy atom. The van der Waals surface area contributed by atoms with Crippen molar-refractivity contribution in [3.63, 3.8) is 0 Å². The summed E-state index contributed by atoms with van der Waals surface area (Å²) in [5.41, 5.74) is 0.682. The van der Waals surface area contributed by atoms with Crippen molar-refractivity contribution in [3.05, 3.63) is 23.8 Å². The van der Waals surface area contributed by atoms with Crippen LogP contribution in [-0.2, 0) is 11.3 Å². The van der Waals surface area contributed by atoms with Gasteiger partial charge in [0, 0.05) is 18.5 Å². The van der Waals surface area contributed by atoms with Gasteiger partial charge in [-0.3, -0.25) is 4.79 Å². The van der Waals surface area contributed by atoms with E-state index in [1.807, 2.05) is 0 Å². The summed E-state index contributed by atoms with van der Waals surface area (Å²) in [6, 6.07) is 5.03. The van der Waals surface area contributed by atoms with Gasteiger partial charge in [-0.1, -0.05) is 19.3 Å². The number of amides is 1. The number of phenolic OH excluding ortho intramolecular Hbond substituents is 1. The van der Waals surface area contributed by atoms with Crippen LogP contribution in [-0.4, -0.2) is 18.1 Å². The minimum absolute atomic E-state index is 0.0686. The van der Waals surface area contributed by atoms with Gasteiger partial charge in [0.25, 0.3) is 0 Å². The lowest BCUT2D eigenvalue weighted by atomic mass is 9.87. The number of hydrogen-bond acceptors (Lipinski definition) is 3. The maximum absolute atomic E-state index is 11.9. The number of carbonyl (C=O) groups excluding carboxylic acids is 1. The van der Waals surface area contributed by atoms with E-state index in [0.717, 1.165) is 12.8 Å². The molecule has 2 N–H and O–H groups in total. The number of aromatic hydroxyl groups is 1. The lowest BCUT2D eigenvalue weighted by molar-refractivity contribution is -0.122. The molecule has 0 aromatic heterocycles. The third-order valence-corrected chi connectivity index (χ3v) is 3.96. The Bertz CT molecular complexity index is 453. The van der Waals surface area contributed by atoms with E-state index in [2.05, 4.69) is 5.32 Å². The van der Waals surface area contributed by atoms with Crippen LogP contribution in [0.25, 0.3) is 0 Å². The van der Waals surface area contributed by atoms with Crippen molar-refractivity contribution < 1.29 is 14.6 Å². The molecule has 1 saturated carbocycles. The second-order valence-electron chi connectivity index (χ2n) is 5.48. The maximum atomic E-state index is 11.9. The predicted molar refractivity (Wildman–Crippen MR) is 77.7 cm³/mol. The SMILES string of the molecule is COc1ccc(O)c(CNC(=O)CC2CCCCC2)c1. The van der Waals surface area contributed by atoms with E-state index < -0.39 is 0 Å². The summed E-state index contributed by atoms with van der Waals surface area (Å²) >= 11 is 0. The van der Waals surface area contributed by atoms with Crippen LogP contribution in [0.1, 0.15) is 44.1 Å². The smallest absolute Gasteiger partial charge is 0.220 e. The van der Waals surface area contributed by atoms with Gasteiger partial charge in [-0.25, -0.2) is 0 Å². The first kappa shape index (κ1) is 14.7. The Hall–Kier alpha value is -1.71. The van der Waals surface area contributed by atoms with Crippen molar-refractivity contribution in [3.8, 4) is 11.5 Å². The summed E-state index contributed by atoms with van der Waals surface area (Å²) < 4.78 is 5.11. The molecule has 0 unspecified atom stereocenters. The predicted octanol–water partition coefficient (Wildman–Crippen LogP) is 2.99. The van der Waals surface area contributed by atoms with Crippen LogP contribution in [0.3, 0.4) is 0 Å². The van der Waals surface area contributed by atoms with E-state index in [0.29, 0.717) is 30.2 Å². The Kier molecular flexibility index (Phi) is 5.27. The minimum atomic E-state index is 0.0686. The van der Waals surface area contributed by atoms with Crippen LogP contribution in [0, 0.1) is 5.92 Å². The van der Waals surface area contributed by atoms with E-state index in [1.165, 1.54) is 19.3 Å². The highest BCUT2D eigenvalue weighted by Crippen LogP contribution is 2.26. The molecule has 0 atom stereocenters. The van der Waals surface area contributed by atoms with Crippen LogP contribution >= 0.6 is 0 Å². The molecule has 1 aliphatic rings. The molecule has 4 heteroatoms. The van der Waals surface area contributed by atoms with Gasteiger partial charge in [-0.15, -0.1) is 0 Å². The summed E-state index contributed by atoms with van der Waals surface area (Å²) in [5.74, 6) is 1.46. The lowest BCUT2D eigenvalue weighted by Gasteiger charge is -2.20. The first-order chi connectivity index (χ1) is 9.69. The molecular weight excluding hydrogens is 254 g/mol. The third-order valence-electron chi connectivity index (χ3n) is 3.96. The zero-order valence-corrected chi connectivity index (χ0v) is 12.0. The van der Waals surface area contributed by atoms with Crippen molar-refractivity contribution in [2.24, 2.45) is 5.92 Å². The highest BCUT2D eigenvalue weighted by Gasteiger charge is 2.17. The number of phenols is 1. The first-order valence-corrected chi connectivity index (χ1v) is 7.31. The van der Waals surface area contributed by atoms with Crippen molar-refractivity contribution in [2.45, 2.75) is 45.1 Å². The summed E-state index contributed by atoms with van der Waals surface area (Å²) in [5, 5.41) is 12.6. The number of ether oxygens (including phenoxy) is 1. The van der Waals surface area contributed by atoms with Crippen molar-refractivity contribution in [1.82, 2.24) is 5.32 Å². The molecule has 1 aromatic carbocycles. The molecule has 0 saturated heterocycles. The van der Waals surface area contributed by atoms with Gasteiger partial charge >= 0.3 is 0 Å². The summed E-state index contributed by atoms with van der Waals surface area (Å²) in [4.78, 5) is 11.9. The van der Waals surface area contributed by atoms with Crippen molar-refractivity contribution >= 4 is 5.91 Å². The average Bonchev–Trinajstić information content (AvgIpc) is 2.47. The highest BCUT2D eigenvalue weighted by atomic mass is 16.5. The topological polar surface area (TPSA) is 58.6 Å². The molecular formula is C16H23NO3. The number of hydrogen-bond donors (Lipinski definition) is 2. The van der Waals surface area contributed by atoms with Crippen LogP contribution in [0.5, 0.6) is 11.5 Å². The molecule has 1 amide bonds. The quantitative estimate of drug-likeness (QED) is 0.870. The van der Waals surface area contributed by atoms with Crippen molar-refractivity contribution in [2.75, 3.05) is 7.11 Å². The molecule has 1 aromatic rings. The van der Waals surface area contributed by atoms with Crippen LogP contribution in [0.2, 0.25) is 0 Å². The molecule has 0 spiro atoms. The van der Waals surface area contributed by atoms with Crippen molar-refractivity contribution in [1.29, 1.82) is 0 Å². The first-order valence-electron chi connectivity index (χ1n) is 7.31. The standard InChI is InChI=1S/C16H23NO3/c1-20-14-7-8-15(18)13(10-14)11-17-16(19)9-12-5-3-2-4-6-12/h7-8,10,12,18H,2-6,9,11H2,1H3,(H,17,19). The summed E-state index contributed by atoms with van der Waals surface area (Å²) in [7, 11) is 1.58. The molecule has 2 rings (SSSR count). The molecule has 1 fully saturated rings. The van der Waals surface area contributed by atoms with E-state index in [4.69, 9.17) is 4.74 Å². The number of methoxy groups -OCH3 is 1.